The summed E-state index contributed by atoms with van der Waals surface area (Å²) in [5, 5.41) is 6.51. The molecule has 2 aromatic heterocycles. The Hall–Kier alpha value is -3.61. The zero-order chi connectivity index (χ0) is 19.0. The molecule has 0 amide bonds. The number of anilines is 4. The van der Waals surface area contributed by atoms with Crippen LogP contribution < -0.4 is 16.4 Å². The van der Waals surface area contributed by atoms with Crippen molar-refractivity contribution < 1.29 is 4.42 Å². The lowest BCUT2D eigenvalue weighted by Crippen LogP contribution is -2.03. The first-order valence-electron chi connectivity index (χ1n) is 8.55. The maximum Gasteiger partial charge on any atom is 0.417 e. The fraction of sp³-hybridized carbons (Fsp3) is 0.150. The van der Waals surface area contributed by atoms with Gasteiger partial charge in [-0.2, -0.15) is 4.98 Å². The summed E-state index contributed by atoms with van der Waals surface area (Å²) in [6.07, 6.45) is 1.76. The zero-order valence-electron chi connectivity index (χ0n) is 15.3. The van der Waals surface area contributed by atoms with Crippen molar-refractivity contribution in [1.29, 1.82) is 0 Å². The van der Waals surface area contributed by atoms with E-state index >= 15 is 0 Å². The van der Waals surface area contributed by atoms with E-state index in [0.717, 1.165) is 16.9 Å². The van der Waals surface area contributed by atoms with Gasteiger partial charge in [-0.15, -0.1) is 0 Å². The molecule has 7 nitrogen and oxygen atoms in total. The van der Waals surface area contributed by atoms with E-state index in [9.17, 15) is 4.79 Å². The Kier molecular flexibility index (Phi) is 4.12. The van der Waals surface area contributed by atoms with E-state index in [1.807, 2.05) is 25.1 Å². The highest BCUT2D eigenvalue weighted by atomic mass is 16.4. The first-order chi connectivity index (χ1) is 13.0. The van der Waals surface area contributed by atoms with Crippen molar-refractivity contribution in [2.24, 2.45) is 0 Å². The minimum absolute atomic E-state index is 0.472. The summed E-state index contributed by atoms with van der Waals surface area (Å²) in [6.45, 7) is 6.04. The molecule has 0 spiro atoms. The fourth-order valence-electron chi connectivity index (χ4n) is 2.97. The number of nitrogens with one attached hydrogen (secondary N) is 3. The average molecular weight is 361 g/mol. The number of aryl methyl sites for hydroxylation is 3. The minimum atomic E-state index is -0.472. The molecule has 0 unspecified atom stereocenters. The highest BCUT2D eigenvalue weighted by Crippen LogP contribution is 2.23. The molecule has 0 saturated carbocycles. The van der Waals surface area contributed by atoms with Gasteiger partial charge >= 0.3 is 5.76 Å². The molecule has 3 N–H and O–H groups in total. The van der Waals surface area contributed by atoms with Crippen molar-refractivity contribution in [3.8, 4) is 0 Å². The van der Waals surface area contributed by atoms with Gasteiger partial charge in [0.05, 0.1) is 5.52 Å². The summed E-state index contributed by atoms with van der Waals surface area (Å²) in [5.41, 5.74) is 6.13. The first-order valence-corrected chi connectivity index (χ1v) is 8.55. The number of aromatic amines is 1. The van der Waals surface area contributed by atoms with Crippen LogP contribution in [0, 0.1) is 20.8 Å². The fourth-order valence-corrected chi connectivity index (χ4v) is 2.97. The molecule has 136 valence electrons. The number of rotatable bonds is 4. The molecular formula is C20H19N5O2. The monoisotopic (exact) mass is 361 g/mol. The van der Waals surface area contributed by atoms with Crippen LogP contribution in [0.2, 0.25) is 0 Å². The maximum absolute atomic E-state index is 11.3. The zero-order valence-corrected chi connectivity index (χ0v) is 15.3. The largest absolute Gasteiger partial charge is 0.417 e. The molecule has 2 heterocycles. The normalized spacial score (nSPS) is 10.9. The highest BCUT2D eigenvalue weighted by Gasteiger charge is 2.07. The molecule has 7 heteroatoms. The van der Waals surface area contributed by atoms with E-state index in [1.54, 1.807) is 18.3 Å². The molecule has 0 fully saturated rings. The topological polar surface area (TPSA) is 95.8 Å². The quantitative estimate of drug-likeness (QED) is 0.501. The van der Waals surface area contributed by atoms with Crippen LogP contribution in [0.15, 0.2) is 51.8 Å². The molecule has 0 aliphatic heterocycles. The summed E-state index contributed by atoms with van der Waals surface area (Å²) in [7, 11) is 0. The van der Waals surface area contributed by atoms with Gasteiger partial charge in [-0.3, -0.25) is 4.98 Å². The Balaban J connectivity index is 1.62. The molecule has 0 aliphatic carbocycles. The predicted molar refractivity (Wildman–Crippen MR) is 106 cm³/mol. The average Bonchev–Trinajstić information content (AvgIpc) is 2.96. The van der Waals surface area contributed by atoms with Crippen LogP contribution >= 0.6 is 0 Å². The van der Waals surface area contributed by atoms with Crippen molar-refractivity contribution in [2.75, 3.05) is 10.6 Å². The number of nitrogens with zero attached hydrogens (tertiary/aromatic N) is 2. The third-order valence-electron chi connectivity index (χ3n) is 4.13. The lowest BCUT2D eigenvalue weighted by molar-refractivity contribution is 0.555. The molecule has 0 bridgehead atoms. The van der Waals surface area contributed by atoms with Crippen molar-refractivity contribution in [3.05, 3.63) is 69.8 Å². The van der Waals surface area contributed by atoms with Crippen LogP contribution in [0.5, 0.6) is 0 Å². The van der Waals surface area contributed by atoms with Crippen molar-refractivity contribution in [2.45, 2.75) is 20.8 Å². The second kappa shape index (κ2) is 6.60. The number of H-pyrrole nitrogens is 1. The van der Waals surface area contributed by atoms with Crippen LogP contribution in [0.1, 0.15) is 16.7 Å². The molecule has 0 aliphatic rings. The Bertz CT molecular complexity index is 1170. The SMILES string of the molecule is Cc1cc(C)cc(Nc2ncc(C)c(Nc3ccc4oc(=O)[nH]c4c3)n2)c1. The Labute approximate surface area is 155 Å². The number of oxazole rings is 1. The van der Waals surface area contributed by atoms with E-state index in [-0.39, 0.29) is 0 Å². The minimum Gasteiger partial charge on any atom is -0.408 e. The summed E-state index contributed by atoms with van der Waals surface area (Å²) < 4.78 is 5.03. The molecule has 0 saturated heterocycles. The van der Waals surface area contributed by atoms with Gasteiger partial charge < -0.3 is 15.1 Å². The van der Waals surface area contributed by atoms with E-state index in [2.05, 4.69) is 45.5 Å². The van der Waals surface area contributed by atoms with Gasteiger partial charge in [0.1, 0.15) is 5.82 Å². The van der Waals surface area contributed by atoms with Crippen molar-refractivity contribution in [1.82, 2.24) is 15.0 Å². The molecule has 2 aromatic carbocycles. The van der Waals surface area contributed by atoms with Crippen molar-refractivity contribution in [3.63, 3.8) is 0 Å². The Morgan fingerprint density at radius 2 is 1.74 bits per heavy atom. The first kappa shape index (κ1) is 16.8. The molecule has 4 rings (SSSR count). The van der Waals surface area contributed by atoms with Crippen LogP contribution in [0.3, 0.4) is 0 Å². The second-order valence-electron chi connectivity index (χ2n) is 6.58. The number of hydrogen-bond acceptors (Lipinski definition) is 6. The number of hydrogen-bond donors (Lipinski definition) is 3. The summed E-state index contributed by atoms with van der Waals surface area (Å²) >= 11 is 0. The Morgan fingerprint density at radius 1 is 0.963 bits per heavy atom. The van der Waals surface area contributed by atoms with Gasteiger partial charge in [0.25, 0.3) is 0 Å². The van der Waals surface area contributed by atoms with Crippen LogP contribution in [-0.2, 0) is 0 Å². The van der Waals surface area contributed by atoms with E-state index in [4.69, 9.17) is 4.42 Å². The lowest BCUT2D eigenvalue weighted by atomic mass is 10.1. The van der Waals surface area contributed by atoms with Crippen LogP contribution in [0.25, 0.3) is 11.1 Å². The predicted octanol–water partition coefficient (Wildman–Crippen LogP) is 4.32. The Morgan fingerprint density at radius 3 is 2.52 bits per heavy atom. The van der Waals surface area contributed by atoms with Crippen molar-refractivity contribution >= 4 is 34.2 Å². The summed E-state index contributed by atoms with van der Waals surface area (Å²) in [4.78, 5) is 22.9. The molecule has 27 heavy (non-hydrogen) atoms. The maximum atomic E-state index is 11.3. The van der Waals surface area contributed by atoms with Crippen LogP contribution in [-0.4, -0.2) is 15.0 Å². The van der Waals surface area contributed by atoms with E-state index in [0.29, 0.717) is 22.9 Å². The van der Waals surface area contributed by atoms with Crippen LogP contribution in [0.4, 0.5) is 23.1 Å². The number of fused-ring (bicyclic) bond motifs is 1. The summed E-state index contributed by atoms with van der Waals surface area (Å²) in [5.74, 6) is 0.716. The highest BCUT2D eigenvalue weighted by molar-refractivity contribution is 5.78. The standard InChI is InChI=1S/C20H19N5O2/c1-11-6-12(2)8-15(7-11)23-19-21-10-13(3)18(25-19)22-14-4-5-17-16(9-14)24-20(26)27-17/h4-10H,1-3H3,(H,24,26)(H2,21,22,23,25). The van der Waals surface area contributed by atoms with Gasteiger partial charge in [0.2, 0.25) is 5.95 Å². The third-order valence-corrected chi connectivity index (χ3v) is 4.13. The van der Waals surface area contributed by atoms with Gasteiger partial charge in [-0.05, 0) is 62.2 Å². The van der Waals surface area contributed by atoms with Gasteiger partial charge in [-0.1, -0.05) is 6.07 Å². The molecule has 4 aromatic rings. The van der Waals surface area contributed by atoms with Gasteiger partial charge in [0, 0.05) is 23.1 Å². The second-order valence-corrected chi connectivity index (χ2v) is 6.58. The molecule has 0 radical (unpaired) electrons. The van der Waals surface area contributed by atoms with E-state index in [1.165, 1.54) is 11.1 Å². The summed E-state index contributed by atoms with van der Waals surface area (Å²) in [6, 6.07) is 11.6. The van der Waals surface area contributed by atoms with Gasteiger partial charge in [-0.25, -0.2) is 9.78 Å². The molecule has 0 atom stereocenters. The number of benzene rings is 2. The third kappa shape index (κ3) is 3.67. The molecular weight excluding hydrogens is 342 g/mol. The van der Waals surface area contributed by atoms with Gasteiger partial charge in [0.15, 0.2) is 5.58 Å². The van der Waals surface area contributed by atoms with E-state index < -0.39 is 5.76 Å². The number of aromatic nitrogens is 3. The lowest BCUT2D eigenvalue weighted by Gasteiger charge is -2.12. The smallest absolute Gasteiger partial charge is 0.408 e.